The molecule has 9 atom stereocenters. The van der Waals surface area contributed by atoms with Crippen LogP contribution in [0.3, 0.4) is 0 Å². The lowest BCUT2D eigenvalue weighted by atomic mass is 9.85. The van der Waals surface area contributed by atoms with E-state index in [1.807, 2.05) is 0 Å². The molecule has 1 fully saturated rings. The summed E-state index contributed by atoms with van der Waals surface area (Å²) in [5.74, 6) is -0.312. The number of hydrogen-bond acceptors (Lipinski definition) is 10. The first-order valence-corrected chi connectivity index (χ1v) is 22.5. The summed E-state index contributed by atoms with van der Waals surface area (Å²) in [5.41, 5.74) is 0. The topological polar surface area (TPSA) is 206 Å². The average Bonchev–Trinajstić information content (AvgIpc) is 3.12. The van der Waals surface area contributed by atoms with Crippen molar-refractivity contribution >= 4 is 13.7 Å². The number of aliphatic hydroxyl groups is 6. The Hall–Kier alpha value is -0.660. The van der Waals surface area contributed by atoms with Crippen LogP contribution in [0.15, 0.2) is 0 Å². The van der Waals surface area contributed by atoms with Crippen molar-refractivity contribution in [2.45, 2.75) is 236 Å². The first-order chi connectivity index (χ1) is 24.9. The Labute approximate surface area is 315 Å². The number of rotatable bonds is 34. The highest BCUT2D eigenvalue weighted by atomic mass is 31.2. The molecule has 8 N–H and O–H groups in total. The van der Waals surface area contributed by atoms with Gasteiger partial charge in [0.1, 0.15) is 36.6 Å². The zero-order valence-corrected chi connectivity index (χ0v) is 33.5. The molecular weight excluding hydrogens is 689 g/mol. The summed E-state index contributed by atoms with van der Waals surface area (Å²) in [7, 11) is -5.04. The summed E-state index contributed by atoms with van der Waals surface area (Å²) in [6, 6.07) is -1.02. The molecule has 0 aromatic rings. The quantitative estimate of drug-likeness (QED) is 0.0255. The summed E-state index contributed by atoms with van der Waals surface area (Å²) in [6.45, 7) is 3.84. The molecule has 1 saturated carbocycles. The Morgan fingerprint density at radius 3 is 1.33 bits per heavy atom. The molecule has 310 valence electrons. The van der Waals surface area contributed by atoms with Crippen LogP contribution in [-0.4, -0.2) is 96.8 Å². The molecular formula is C39H78NO11P. The average molecular weight is 768 g/mol. The van der Waals surface area contributed by atoms with Gasteiger partial charge in [0, 0.05) is 6.42 Å². The van der Waals surface area contributed by atoms with E-state index in [2.05, 4.69) is 19.2 Å². The van der Waals surface area contributed by atoms with Crippen LogP contribution < -0.4 is 5.32 Å². The molecule has 1 amide bonds. The highest BCUT2D eigenvalue weighted by Gasteiger charge is 2.51. The Morgan fingerprint density at radius 2 is 0.923 bits per heavy atom. The summed E-state index contributed by atoms with van der Waals surface area (Å²) in [4.78, 5) is 23.2. The van der Waals surface area contributed by atoms with Crippen molar-refractivity contribution in [3.8, 4) is 0 Å². The SMILES string of the molecule is CCCCCCCCCCCCCCCCCCC[C@@H](O)[C@H](COP(=O)(O)OC1C(O)C(O)C(O)[C@@H](O)C1O)NC(=O)CCCCCCCCCC. The Kier molecular flexibility index (Phi) is 29.0. The fraction of sp³-hybridized carbons (Fsp3) is 0.974. The molecule has 0 heterocycles. The third kappa shape index (κ3) is 22.7. The van der Waals surface area contributed by atoms with Crippen molar-refractivity contribution in [2.24, 2.45) is 0 Å². The highest BCUT2D eigenvalue weighted by molar-refractivity contribution is 7.47. The van der Waals surface area contributed by atoms with Gasteiger partial charge in [-0.05, 0) is 12.8 Å². The molecule has 0 aliphatic heterocycles. The molecule has 1 rings (SSSR count). The molecule has 0 aromatic heterocycles. The van der Waals surface area contributed by atoms with Gasteiger partial charge in [0.15, 0.2) is 0 Å². The second-order valence-electron chi connectivity index (χ2n) is 15.2. The molecule has 0 bridgehead atoms. The number of hydrogen-bond donors (Lipinski definition) is 8. The molecule has 0 radical (unpaired) electrons. The van der Waals surface area contributed by atoms with Crippen LogP contribution in [0.1, 0.15) is 187 Å². The van der Waals surface area contributed by atoms with Gasteiger partial charge in [-0.25, -0.2) is 4.57 Å². The maximum atomic E-state index is 12.8. The Balaban J connectivity index is 2.47. The molecule has 0 aromatic carbocycles. The maximum Gasteiger partial charge on any atom is 0.472 e. The normalized spacial score (nSPS) is 24.4. The molecule has 13 heteroatoms. The highest BCUT2D eigenvalue weighted by Crippen LogP contribution is 2.47. The molecule has 1 aliphatic carbocycles. The standard InChI is InChI=1S/C39H78NO11P/c1-3-5-7-9-11-13-14-15-16-17-18-19-20-21-22-24-26-28-32(41)31(40-33(42)29-27-25-23-12-10-8-6-4-2)30-50-52(48,49)51-39-37(46)35(44)34(43)36(45)38(39)47/h31-32,34-39,41,43-47H,3-30H2,1-2H3,(H,40,42)(H,48,49)/t31-,32+,34?,35+,36?,37?,38?,39?/m0/s1. The van der Waals surface area contributed by atoms with Crippen LogP contribution in [0.5, 0.6) is 0 Å². The van der Waals surface area contributed by atoms with Gasteiger partial charge in [-0.1, -0.05) is 168 Å². The predicted octanol–water partition coefficient (Wildman–Crippen LogP) is 6.72. The maximum absolute atomic E-state index is 12.8. The van der Waals surface area contributed by atoms with E-state index in [0.29, 0.717) is 19.3 Å². The van der Waals surface area contributed by atoms with Gasteiger partial charge < -0.3 is 40.8 Å². The second-order valence-corrected chi connectivity index (χ2v) is 16.6. The monoisotopic (exact) mass is 768 g/mol. The number of carbonyl (C=O) groups is 1. The van der Waals surface area contributed by atoms with Crippen molar-refractivity contribution in [2.75, 3.05) is 6.61 Å². The van der Waals surface area contributed by atoms with Crippen LogP contribution in [0.2, 0.25) is 0 Å². The van der Waals surface area contributed by atoms with E-state index in [9.17, 15) is 44.9 Å². The molecule has 52 heavy (non-hydrogen) atoms. The lowest BCUT2D eigenvalue weighted by Gasteiger charge is -2.41. The van der Waals surface area contributed by atoms with Crippen LogP contribution in [0.25, 0.3) is 0 Å². The van der Waals surface area contributed by atoms with E-state index < -0.39 is 63.2 Å². The lowest BCUT2D eigenvalue weighted by Crippen LogP contribution is -2.64. The number of amides is 1. The van der Waals surface area contributed by atoms with Gasteiger partial charge in [0.25, 0.3) is 0 Å². The molecule has 6 unspecified atom stereocenters. The minimum atomic E-state index is -5.04. The molecule has 0 saturated heterocycles. The predicted molar refractivity (Wildman–Crippen MR) is 205 cm³/mol. The fourth-order valence-corrected chi connectivity index (χ4v) is 7.87. The van der Waals surface area contributed by atoms with E-state index in [4.69, 9.17) is 9.05 Å². The minimum absolute atomic E-state index is 0.239. The summed E-state index contributed by atoms with van der Waals surface area (Å²) in [5, 5.41) is 63.8. The number of aliphatic hydroxyl groups excluding tert-OH is 6. The van der Waals surface area contributed by atoms with E-state index in [-0.39, 0.29) is 12.3 Å². The summed E-state index contributed by atoms with van der Waals surface area (Å²) < 4.78 is 22.8. The van der Waals surface area contributed by atoms with Crippen molar-refractivity contribution in [3.05, 3.63) is 0 Å². The van der Waals surface area contributed by atoms with Gasteiger partial charge in [-0.15, -0.1) is 0 Å². The number of carbonyl (C=O) groups excluding carboxylic acids is 1. The first-order valence-electron chi connectivity index (χ1n) is 21.0. The summed E-state index contributed by atoms with van der Waals surface area (Å²) in [6.07, 6.45) is 17.3. The second kappa shape index (κ2) is 30.5. The van der Waals surface area contributed by atoms with Gasteiger partial charge in [-0.3, -0.25) is 13.8 Å². The minimum Gasteiger partial charge on any atom is -0.391 e. The van der Waals surface area contributed by atoms with Crippen molar-refractivity contribution in [1.82, 2.24) is 5.32 Å². The first kappa shape index (κ1) is 49.4. The Bertz CT molecular complexity index is 900. The molecule has 12 nitrogen and oxygen atoms in total. The fourth-order valence-electron chi connectivity index (χ4n) is 6.91. The number of phosphoric ester groups is 1. The Morgan fingerprint density at radius 1 is 0.577 bits per heavy atom. The van der Waals surface area contributed by atoms with E-state index in [1.54, 1.807) is 0 Å². The van der Waals surface area contributed by atoms with Crippen LogP contribution in [-0.2, 0) is 18.4 Å². The third-order valence-electron chi connectivity index (χ3n) is 10.4. The van der Waals surface area contributed by atoms with Crippen molar-refractivity contribution in [3.63, 3.8) is 0 Å². The zero-order chi connectivity index (χ0) is 38.6. The van der Waals surface area contributed by atoms with Crippen molar-refractivity contribution in [1.29, 1.82) is 0 Å². The zero-order valence-electron chi connectivity index (χ0n) is 32.6. The van der Waals surface area contributed by atoms with Gasteiger partial charge >= 0.3 is 7.82 Å². The van der Waals surface area contributed by atoms with Crippen LogP contribution in [0.4, 0.5) is 0 Å². The van der Waals surface area contributed by atoms with Crippen LogP contribution in [0, 0.1) is 0 Å². The van der Waals surface area contributed by atoms with Crippen molar-refractivity contribution < 1.29 is 53.9 Å². The molecule has 0 spiro atoms. The smallest absolute Gasteiger partial charge is 0.391 e. The number of unbranched alkanes of at least 4 members (excludes halogenated alkanes) is 23. The summed E-state index contributed by atoms with van der Waals surface area (Å²) >= 11 is 0. The molecule has 1 aliphatic rings. The lowest BCUT2D eigenvalue weighted by molar-refractivity contribution is -0.220. The number of nitrogens with one attached hydrogen (secondary N) is 1. The third-order valence-corrected chi connectivity index (χ3v) is 11.4. The van der Waals surface area contributed by atoms with Gasteiger partial charge in [-0.2, -0.15) is 0 Å². The van der Waals surface area contributed by atoms with E-state index in [1.165, 1.54) is 109 Å². The van der Waals surface area contributed by atoms with Gasteiger partial charge in [0.2, 0.25) is 5.91 Å². The number of phosphoric acid groups is 1. The van der Waals surface area contributed by atoms with E-state index in [0.717, 1.165) is 38.5 Å². The van der Waals surface area contributed by atoms with Crippen LogP contribution >= 0.6 is 7.82 Å². The largest absolute Gasteiger partial charge is 0.472 e. The van der Waals surface area contributed by atoms with Gasteiger partial charge in [0.05, 0.1) is 18.8 Å². The van der Waals surface area contributed by atoms with E-state index >= 15 is 0 Å².